The third-order valence-electron chi connectivity index (χ3n) is 3.33. The number of amides is 1. The summed E-state index contributed by atoms with van der Waals surface area (Å²) in [6.07, 6.45) is 1.19. The topological polar surface area (TPSA) is 92.9 Å². The van der Waals surface area contributed by atoms with Crippen molar-refractivity contribution >= 4 is 23.6 Å². The molecule has 1 aliphatic heterocycles. The van der Waals surface area contributed by atoms with Gasteiger partial charge in [-0.15, -0.1) is 11.8 Å². The van der Waals surface area contributed by atoms with Crippen LogP contribution in [0.2, 0.25) is 0 Å². The SMILES string of the molecule is COCCCC(N)C(=O)N1C(C(=O)O)CSC1C(C)C. The summed E-state index contributed by atoms with van der Waals surface area (Å²) in [5, 5.41) is 9.15. The Kier molecular flexibility index (Phi) is 6.78. The van der Waals surface area contributed by atoms with E-state index in [2.05, 4.69) is 0 Å². The van der Waals surface area contributed by atoms with Crippen molar-refractivity contribution in [2.24, 2.45) is 11.7 Å². The van der Waals surface area contributed by atoms with E-state index in [4.69, 9.17) is 10.5 Å². The lowest BCUT2D eigenvalue weighted by molar-refractivity contribution is -0.150. The van der Waals surface area contributed by atoms with Crippen LogP contribution >= 0.6 is 11.8 Å². The van der Waals surface area contributed by atoms with Gasteiger partial charge in [-0.3, -0.25) is 4.79 Å². The molecule has 0 aromatic rings. The molecule has 3 unspecified atom stereocenters. The fourth-order valence-corrected chi connectivity index (χ4v) is 3.75. The highest BCUT2D eigenvalue weighted by Crippen LogP contribution is 2.34. The molecule has 7 heteroatoms. The van der Waals surface area contributed by atoms with Gasteiger partial charge in [0.25, 0.3) is 0 Å². The summed E-state index contributed by atoms with van der Waals surface area (Å²) < 4.78 is 4.94. The molecule has 3 atom stereocenters. The second-order valence-corrected chi connectivity index (χ2v) is 6.46. The van der Waals surface area contributed by atoms with E-state index in [0.717, 1.165) is 0 Å². The van der Waals surface area contributed by atoms with Crippen molar-refractivity contribution in [3.63, 3.8) is 0 Å². The number of rotatable bonds is 7. The Morgan fingerprint density at radius 2 is 2.15 bits per heavy atom. The quantitative estimate of drug-likeness (QED) is 0.674. The number of nitrogens with two attached hydrogens (primary N) is 1. The minimum absolute atomic E-state index is 0.114. The molecule has 0 saturated carbocycles. The smallest absolute Gasteiger partial charge is 0.327 e. The zero-order chi connectivity index (χ0) is 15.3. The Bertz CT molecular complexity index is 351. The molecule has 0 bridgehead atoms. The summed E-state index contributed by atoms with van der Waals surface area (Å²) in [5.41, 5.74) is 5.91. The van der Waals surface area contributed by atoms with Gasteiger partial charge < -0.3 is 20.5 Å². The molecule has 1 aliphatic rings. The standard InChI is InChI=1S/C13H24N2O4S/c1-8(2)12-15(10(7-20-12)13(17)18)11(16)9(14)5-4-6-19-3/h8-10,12H,4-7,14H2,1-3H3,(H,17,18). The first-order valence-electron chi connectivity index (χ1n) is 6.81. The number of aliphatic carboxylic acids is 1. The molecular weight excluding hydrogens is 280 g/mol. The molecule has 1 rings (SSSR count). The van der Waals surface area contributed by atoms with Crippen LogP contribution in [0.4, 0.5) is 0 Å². The van der Waals surface area contributed by atoms with E-state index >= 15 is 0 Å². The number of carbonyl (C=O) groups is 2. The minimum atomic E-state index is -0.960. The predicted octanol–water partition coefficient (Wildman–Crippen LogP) is 0.751. The molecule has 6 nitrogen and oxygen atoms in total. The molecular formula is C13H24N2O4S. The van der Waals surface area contributed by atoms with E-state index in [1.54, 1.807) is 7.11 Å². The van der Waals surface area contributed by atoms with Crippen molar-refractivity contribution in [3.8, 4) is 0 Å². The van der Waals surface area contributed by atoms with Crippen molar-refractivity contribution in [2.75, 3.05) is 19.5 Å². The van der Waals surface area contributed by atoms with Crippen LogP contribution in [0.15, 0.2) is 0 Å². The molecule has 0 aromatic carbocycles. The minimum Gasteiger partial charge on any atom is -0.480 e. The summed E-state index contributed by atoms with van der Waals surface area (Å²) in [5.74, 6) is -0.607. The molecule has 1 amide bonds. The average molecular weight is 304 g/mol. The number of ether oxygens (including phenoxy) is 1. The maximum Gasteiger partial charge on any atom is 0.327 e. The van der Waals surface area contributed by atoms with Crippen molar-refractivity contribution in [1.29, 1.82) is 0 Å². The molecule has 0 spiro atoms. The molecule has 0 aromatic heterocycles. The number of hydrogen-bond acceptors (Lipinski definition) is 5. The lowest BCUT2D eigenvalue weighted by Crippen LogP contribution is -2.53. The largest absolute Gasteiger partial charge is 0.480 e. The summed E-state index contributed by atoms with van der Waals surface area (Å²) in [6, 6.07) is -1.43. The van der Waals surface area contributed by atoms with Crippen LogP contribution < -0.4 is 5.73 Å². The predicted molar refractivity (Wildman–Crippen MR) is 78.4 cm³/mol. The molecule has 1 fully saturated rings. The Morgan fingerprint density at radius 3 is 2.65 bits per heavy atom. The number of carbonyl (C=O) groups excluding carboxylic acids is 1. The van der Waals surface area contributed by atoms with E-state index in [-0.39, 0.29) is 17.2 Å². The van der Waals surface area contributed by atoms with Crippen molar-refractivity contribution in [1.82, 2.24) is 4.90 Å². The van der Waals surface area contributed by atoms with E-state index in [9.17, 15) is 14.7 Å². The van der Waals surface area contributed by atoms with Gasteiger partial charge in [0.1, 0.15) is 6.04 Å². The molecule has 3 N–H and O–H groups in total. The van der Waals surface area contributed by atoms with E-state index < -0.39 is 18.1 Å². The van der Waals surface area contributed by atoms with Gasteiger partial charge in [-0.05, 0) is 18.8 Å². The highest BCUT2D eigenvalue weighted by atomic mass is 32.2. The molecule has 20 heavy (non-hydrogen) atoms. The maximum atomic E-state index is 12.5. The van der Waals surface area contributed by atoms with Crippen LogP contribution in [0, 0.1) is 5.92 Å². The Balaban J connectivity index is 2.75. The summed E-state index contributed by atoms with van der Waals surface area (Å²) in [7, 11) is 1.60. The number of carboxylic acids is 1. The molecule has 116 valence electrons. The Labute approximate surface area is 124 Å². The van der Waals surface area contributed by atoms with Crippen molar-refractivity contribution in [3.05, 3.63) is 0 Å². The zero-order valence-electron chi connectivity index (χ0n) is 12.2. The van der Waals surface area contributed by atoms with Gasteiger partial charge in [0.2, 0.25) is 5.91 Å². The maximum absolute atomic E-state index is 12.5. The zero-order valence-corrected chi connectivity index (χ0v) is 13.1. The monoisotopic (exact) mass is 304 g/mol. The number of carboxylic acid groups (broad SMARTS) is 1. The highest BCUT2D eigenvalue weighted by molar-refractivity contribution is 8.00. The fourth-order valence-electron chi connectivity index (χ4n) is 2.27. The van der Waals surface area contributed by atoms with Gasteiger partial charge in [-0.2, -0.15) is 0 Å². The molecule has 0 radical (unpaired) electrons. The van der Waals surface area contributed by atoms with Gasteiger partial charge >= 0.3 is 5.97 Å². The number of nitrogens with zero attached hydrogens (tertiary/aromatic N) is 1. The first kappa shape index (κ1) is 17.3. The van der Waals surface area contributed by atoms with Crippen molar-refractivity contribution < 1.29 is 19.4 Å². The van der Waals surface area contributed by atoms with E-state index in [1.165, 1.54) is 16.7 Å². The van der Waals surface area contributed by atoms with Crippen LogP contribution in [0.3, 0.4) is 0 Å². The molecule has 1 saturated heterocycles. The first-order chi connectivity index (χ1) is 9.40. The molecule has 0 aliphatic carbocycles. The fraction of sp³-hybridized carbons (Fsp3) is 0.846. The summed E-state index contributed by atoms with van der Waals surface area (Å²) >= 11 is 1.51. The summed E-state index contributed by atoms with van der Waals surface area (Å²) in [6.45, 7) is 4.52. The van der Waals surface area contributed by atoms with E-state index in [0.29, 0.717) is 25.2 Å². The third kappa shape index (κ3) is 4.10. The van der Waals surface area contributed by atoms with Crippen LogP contribution in [0.1, 0.15) is 26.7 Å². The first-order valence-corrected chi connectivity index (χ1v) is 7.86. The third-order valence-corrected chi connectivity index (χ3v) is 4.95. The van der Waals surface area contributed by atoms with Gasteiger partial charge in [0.05, 0.1) is 11.4 Å². The average Bonchev–Trinajstić information content (AvgIpc) is 2.82. The summed E-state index contributed by atoms with van der Waals surface area (Å²) in [4.78, 5) is 25.2. The lowest BCUT2D eigenvalue weighted by atomic mass is 10.1. The Hall–Kier alpha value is -0.790. The number of methoxy groups -OCH3 is 1. The normalized spacial score (nSPS) is 24.1. The van der Waals surface area contributed by atoms with Crippen LogP contribution in [0.5, 0.6) is 0 Å². The molecule has 1 heterocycles. The van der Waals surface area contributed by atoms with Crippen molar-refractivity contribution in [2.45, 2.75) is 44.1 Å². The van der Waals surface area contributed by atoms with Gasteiger partial charge in [0, 0.05) is 19.5 Å². The van der Waals surface area contributed by atoms with E-state index in [1.807, 2.05) is 13.8 Å². The Morgan fingerprint density at radius 1 is 1.50 bits per heavy atom. The van der Waals surface area contributed by atoms with Gasteiger partial charge in [-0.25, -0.2) is 4.79 Å². The number of thioether (sulfide) groups is 1. The second-order valence-electron chi connectivity index (χ2n) is 5.31. The van der Waals surface area contributed by atoms with Crippen LogP contribution in [0.25, 0.3) is 0 Å². The van der Waals surface area contributed by atoms with Gasteiger partial charge in [-0.1, -0.05) is 13.8 Å². The van der Waals surface area contributed by atoms with Crippen LogP contribution in [-0.4, -0.2) is 58.8 Å². The lowest BCUT2D eigenvalue weighted by Gasteiger charge is -2.31. The highest BCUT2D eigenvalue weighted by Gasteiger charge is 2.43. The second kappa shape index (κ2) is 7.85. The van der Waals surface area contributed by atoms with Gasteiger partial charge in [0.15, 0.2) is 0 Å². The van der Waals surface area contributed by atoms with Crippen LogP contribution in [-0.2, 0) is 14.3 Å². The number of hydrogen-bond donors (Lipinski definition) is 2.